The highest BCUT2D eigenvalue weighted by Gasteiger charge is 2.34. The minimum atomic E-state index is -0.529. The Labute approximate surface area is 183 Å². The van der Waals surface area contributed by atoms with Crippen LogP contribution in [0, 0.1) is 0 Å². The molecule has 0 saturated carbocycles. The van der Waals surface area contributed by atoms with Gasteiger partial charge in [-0.25, -0.2) is 0 Å². The molecule has 160 valence electrons. The van der Waals surface area contributed by atoms with Gasteiger partial charge in [0.2, 0.25) is 17.2 Å². The van der Waals surface area contributed by atoms with E-state index in [1.165, 1.54) is 6.20 Å². The Hall–Kier alpha value is -3.33. The van der Waals surface area contributed by atoms with E-state index in [-0.39, 0.29) is 23.7 Å². The van der Waals surface area contributed by atoms with E-state index in [1.54, 1.807) is 64.9 Å². The largest absolute Gasteiger partial charge is 0.497 e. The number of rotatable bonds is 6. The third kappa shape index (κ3) is 4.56. The first kappa shape index (κ1) is 20.9. The number of nitrogens with one attached hydrogen (secondary N) is 1. The maximum Gasteiger partial charge on any atom is 0.248 e. The lowest BCUT2D eigenvalue weighted by Crippen LogP contribution is -2.44. The molecule has 0 aliphatic carbocycles. The maximum atomic E-state index is 12.9. The SMILES string of the molecule is COc1ccc(NC(=O)C2CSCN2C(=O)CCn2ncc(=O)c3ccccc32)cc1. The highest BCUT2D eigenvalue weighted by atomic mass is 32.2. The summed E-state index contributed by atoms with van der Waals surface area (Å²) in [6.45, 7) is 0.327. The number of carbonyl (C=O) groups is 2. The van der Waals surface area contributed by atoms with Gasteiger partial charge >= 0.3 is 0 Å². The lowest BCUT2D eigenvalue weighted by Gasteiger charge is -2.23. The second-order valence-electron chi connectivity index (χ2n) is 7.10. The lowest BCUT2D eigenvalue weighted by molar-refractivity contribution is -0.136. The highest BCUT2D eigenvalue weighted by molar-refractivity contribution is 7.99. The molecule has 4 rings (SSSR count). The molecule has 9 heteroatoms. The minimum Gasteiger partial charge on any atom is -0.497 e. The predicted molar refractivity (Wildman–Crippen MR) is 120 cm³/mol. The van der Waals surface area contributed by atoms with Crippen molar-refractivity contribution in [2.45, 2.75) is 19.0 Å². The molecule has 1 atom stereocenters. The Balaban J connectivity index is 1.41. The number of benzene rings is 2. The molecular weight excluding hydrogens is 416 g/mol. The number of aromatic nitrogens is 2. The van der Waals surface area contributed by atoms with Crippen molar-refractivity contribution in [3.8, 4) is 5.75 Å². The topological polar surface area (TPSA) is 93.5 Å². The van der Waals surface area contributed by atoms with Crippen LogP contribution in [-0.2, 0) is 16.1 Å². The number of nitrogens with zero attached hydrogens (tertiary/aromatic N) is 3. The first-order valence-electron chi connectivity index (χ1n) is 9.84. The number of methoxy groups -OCH3 is 1. The Morgan fingerprint density at radius 1 is 1.19 bits per heavy atom. The van der Waals surface area contributed by atoms with Crippen LogP contribution in [0.3, 0.4) is 0 Å². The van der Waals surface area contributed by atoms with Crippen molar-refractivity contribution in [1.29, 1.82) is 0 Å². The van der Waals surface area contributed by atoms with E-state index in [1.807, 2.05) is 12.1 Å². The molecule has 0 radical (unpaired) electrons. The number of fused-ring (bicyclic) bond motifs is 1. The quantitative estimate of drug-likeness (QED) is 0.635. The van der Waals surface area contributed by atoms with Crippen LogP contribution >= 0.6 is 11.8 Å². The van der Waals surface area contributed by atoms with Crippen LogP contribution in [0.25, 0.3) is 10.9 Å². The number of ether oxygens (including phenoxy) is 1. The number of amides is 2. The Morgan fingerprint density at radius 3 is 2.74 bits per heavy atom. The number of anilines is 1. The molecule has 1 N–H and O–H groups in total. The van der Waals surface area contributed by atoms with Crippen molar-refractivity contribution in [3.63, 3.8) is 0 Å². The van der Waals surface area contributed by atoms with E-state index in [0.29, 0.717) is 40.5 Å². The number of hydrogen-bond donors (Lipinski definition) is 1. The Morgan fingerprint density at radius 2 is 1.97 bits per heavy atom. The van der Waals surface area contributed by atoms with Crippen LogP contribution < -0.4 is 15.5 Å². The van der Waals surface area contributed by atoms with Crippen LogP contribution in [0.4, 0.5) is 5.69 Å². The fraction of sp³-hybridized carbons (Fsp3) is 0.273. The fourth-order valence-corrected chi connectivity index (χ4v) is 4.67. The summed E-state index contributed by atoms with van der Waals surface area (Å²) >= 11 is 1.55. The highest BCUT2D eigenvalue weighted by Crippen LogP contribution is 2.24. The van der Waals surface area contributed by atoms with Gasteiger partial charge in [-0.15, -0.1) is 11.8 Å². The molecule has 1 aliphatic heterocycles. The molecule has 31 heavy (non-hydrogen) atoms. The Kier molecular flexibility index (Phi) is 6.22. The van der Waals surface area contributed by atoms with Gasteiger partial charge in [0.05, 0.1) is 31.2 Å². The molecule has 1 unspecified atom stereocenters. The zero-order valence-electron chi connectivity index (χ0n) is 17.0. The number of aryl methyl sites for hydroxylation is 1. The molecule has 1 aromatic heterocycles. The van der Waals surface area contributed by atoms with E-state index in [0.717, 1.165) is 0 Å². The van der Waals surface area contributed by atoms with Gasteiger partial charge in [0.15, 0.2) is 0 Å². The molecule has 1 fully saturated rings. The summed E-state index contributed by atoms with van der Waals surface area (Å²) in [5.41, 5.74) is 1.19. The third-order valence-electron chi connectivity index (χ3n) is 5.16. The van der Waals surface area contributed by atoms with Crippen molar-refractivity contribution in [2.75, 3.05) is 24.1 Å². The number of thioether (sulfide) groups is 1. The van der Waals surface area contributed by atoms with Crippen molar-refractivity contribution in [3.05, 3.63) is 65.0 Å². The zero-order chi connectivity index (χ0) is 21.8. The summed E-state index contributed by atoms with van der Waals surface area (Å²) < 4.78 is 6.78. The average molecular weight is 439 g/mol. The van der Waals surface area contributed by atoms with Crippen molar-refractivity contribution in [1.82, 2.24) is 14.7 Å². The monoisotopic (exact) mass is 438 g/mol. The summed E-state index contributed by atoms with van der Waals surface area (Å²) in [6, 6.07) is 13.7. The predicted octanol–water partition coefficient (Wildman–Crippen LogP) is 2.34. The van der Waals surface area contributed by atoms with Gasteiger partial charge in [-0.1, -0.05) is 12.1 Å². The molecule has 2 heterocycles. The van der Waals surface area contributed by atoms with E-state index < -0.39 is 6.04 Å². The maximum absolute atomic E-state index is 12.9. The van der Waals surface area contributed by atoms with Crippen LogP contribution in [0.2, 0.25) is 0 Å². The minimum absolute atomic E-state index is 0.121. The van der Waals surface area contributed by atoms with Crippen LogP contribution in [0.15, 0.2) is 59.5 Å². The van der Waals surface area contributed by atoms with Gasteiger partial charge in [0.1, 0.15) is 11.8 Å². The fourth-order valence-electron chi connectivity index (χ4n) is 3.49. The van der Waals surface area contributed by atoms with Gasteiger partial charge in [0.25, 0.3) is 0 Å². The summed E-state index contributed by atoms with van der Waals surface area (Å²) in [4.78, 5) is 39.2. The van der Waals surface area contributed by atoms with Crippen LogP contribution in [0.5, 0.6) is 5.75 Å². The number of para-hydroxylation sites is 1. The standard InChI is InChI=1S/C22H22N4O4S/c1-30-16-8-6-15(7-9-16)24-22(29)19-13-31-14-25(19)21(28)10-11-26-18-5-3-2-4-17(18)20(27)12-23-26/h2-9,12,19H,10-11,13-14H2,1H3,(H,24,29). The molecule has 8 nitrogen and oxygen atoms in total. The molecule has 2 aromatic carbocycles. The smallest absolute Gasteiger partial charge is 0.248 e. The zero-order valence-corrected chi connectivity index (χ0v) is 17.8. The molecule has 0 spiro atoms. The van der Waals surface area contributed by atoms with E-state index in [9.17, 15) is 14.4 Å². The van der Waals surface area contributed by atoms with Crippen LogP contribution in [0.1, 0.15) is 6.42 Å². The molecule has 3 aromatic rings. The molecule has 2 amide bonds. The molecule has 1 saturated heterocycles. The van der Waals surface area contributed by atoms with Crippen molar-refractivity contribution >= 4 is 40.2 Å². The van der Waals surface area contributed by atoms with Crippen LogP contribution in [-0.4, -0.2) is 51.3 Å². The first-order valence-corrected chi connectivity index (χ1v) is 11.0. The molecule has 1 aliphatic rings. The summed E-state index contributed by atoms with van der Waals surface area (Å²) in [5.74, 6) is 1.39. The third-order valence-corrected chi connectivity index (χ3v) is 6.17. The van der Waals surface area contributed by atoms with Crippen molar-refractivity contribution < 1.29 is 14.3 Å². The van der Waals surface area contributed by atoms with Gasteiger partial charge in [-0.2, -0.15) is 5.10 Å². The molecular formula is C22H22N4O4S. The normalized spacial score (nSPS) is 15.8. The summed E-state index contributed by atoms with van der Waals surface area (Å²) in [7, 11) is 1.58. The molecule has 0 bridgehead atoms. The van der Waals surface area contributed by atoms with E-state index >= 15 is 0 Å². The van der Waals surface area contributed by atoms with Gasteiger partial charge in [0, 0.05) is 23.2 Å². The number of carbonyl (C=O) groups excluding carboxylic acids is 2. The summed E-state index contributed by atoms with van der Waals surface area (Å²) in [6.07, 6.45) is 1.45. The first-order chi connectivity index (χ1) is 15.1. The lowest BCUT2D eigenvalue weighted by atomic mass is 10.2. The van der Waals surface area contributed by atoms with Gasteiger partial charge in [-0.3, -0.25) is 19.1 Å². The average Bonchev–Trinajstić information content (AvgIpc) is 3.29. The van der Waals surface area contributed by atoms with Gasteiger partial charge in [-0.05, 0) is 36.4 Å². The van der Waals surface area contributed by atoms with Crippen molar-refractivity contribution in [2.24, 2.45) is 0 Å². The van der Waals surface area contributed by atoms with Gasteiger partial charge < -0.3 is 15.0 Å². The van der Waals surface area contributed by atoms with E-state index in [2.05, 4.69) is 10.4 Å². The Bertz CT molecular complexity index is 1160. The van der Waals surface area contributed by atoms with E-state index in [4.69, 9.17) is 4.74 Å². The second kappa shape index (κ2) is 9.22. The second-order valence-corrected chi connectivity index (χ2v) is 8.10. The summed E-state index contributed by atoms with van der Waals surface area (Å²) in [5, 5.41) is 7.61. The number of hydrogen-bond acceptors (Lipinski definition) is 6.